The molecule has 24 heavy (non-hydrogen) atoms. The predicted molar refractivity (Wildman–Crippen MR) is 89.9 cm³/mol. The topological polar surface area (TPSA) is 106 Å². The van der Waals surface area contributed by atoms with Gasteiger partial charge in [0.1, 0.15) is 6.04 Å². The Morgan fingerprint density at radius 1 is 1.04 bits per heavy atom. The Morgan fingerprint density at radius 3 is 2.25 bits per heavy atom. The van der Waals surface area contributed by atoms with E-state index in [0.717, 1.165) is 0 Å². The van der Waals surface area contributed by atoms with Gasteiger partial charge in [-0.2, -0.15) is 0 Å². The molecule has 0 saturated heterocycles. The number of rotatable bonds is 6. The molecule has 2 aromatic rings. The summed E-state index contributed by atoms with van der Waals surface area (Å²) in [6.07, 6.45) is 0. The van der Waals surface area contributed by atoms with E-state index in [1.54, 1.807) is 42.5 Å². The van der Waals surface area contributed by atoms with Crippen molar-refractivity contribution in [3.63, 3.8) is 0 Å². The maximum absolute atomic E-state index is 12.7. The number of carbonyl (C=O) groups excluding carboxylic acids is 2. The minimum Gasteiger partial charge on any atom is -0.368 e. The van der Waals surface area contributed by atoms with Crippen LogP contribution in [-0.2, 0) is 20.4 Å². The summed E-state index contributed by atoms with van der Waals surface area (Å²) in [5.74, 6) is -1.58. The van der Waals surface area contributed by atoms with Crippen molar-refractivity contribution in [3.8, 4) is 0 Å². The van der Waals surface area contributed by atoms with Crippen molar-refractivity contribution in [2.45, 2.75) is 23.6 Å². The Hall–Kier alpha value is -2.67. The van der Waals surface area contributed by atoms with Gasteiger partial charge in [0.15, 0.2) is 9.84 Å². The number of nitrogens with one attached hydrogen (secondary N) is 1. The number of primary amides is 1. The molecule has 3 N–H and O–H groups in total. The molecule has 126 valence electrons. The van der Waals surface area contributed by atoms with E-state index < -0.39 is 27.7 Å². The second-order valence-electron chi connectivity index (χ2n) is 5.34. The third-order valence-corrected chi connectivity index (χ3v) is 5.18. The van der Waals surface area contributed by atoms with E-state index in [-0.39, 0.29) is 16.2 Å². The normalized spacial score (nSPS) is 12.4. The lowest BCUT2D eigenvalue weighted by molar-refractivity contribution is -0.119. The summed E-state index contributed by atoms with van der Waals surface area (Å²) in [6.45, 7) is 1.43. The van der Waals surface area contributed by atoms with Crippen LogP contribution < -0.4 is 11.1 Å². The first-order valence-corrected chi connectivity index (χ1v) is 8.92. The minimum absolute atomic E-state index is 0.0125. The molecule has 0 spiro atoms. The predicted octanol–water partition coefficient (Wildman–Crippen LogP) is 1.26. The Bertz CT molecular complexity index is 848. The van der Waals surface area contributed by atoms with Gasteiger partial charge in [0.2, 0.25) is 5.91 Å². The fourth-order valence-corrected chi connectivity index (χ4v) is 3.71. The van der Waals surface area contributed by atoms with Gasteiger partial charge in [-0.05, 0) is 24.6 Å². The van der Waals surface area contributed by atoms with Gasteiger partial charge in [0.25, 0.3) is 5.91 Å². The molecule has 6 nitrogen and oxygen atoms in total. The van der Waals surface area contributed by atoms with Gasteiger partial charge in [-0.3, -0.25) is 9.59 Å². The largest absolute Gasteiger partial charge is 0.368 e. The lowest BCUT2D eigenvalue weighted by Gasteiger charge is -2.13. The Balaban J connectivity index is 2.34. The van der Waals surface area contributed by atoms with Gasteiger partial charge in [0, 0.05) is 0 Å². The second-order valence-corrected chi connectivity index (χ2v) is 7.30. The van der Waals surface area contributed by atoms with Crippen LogP contribution in [0.3, 0.4) is 0 Å². The van der Waals surface area contributed by atoms with E-state index in [1.807, 2.05) is 0 Å². The van der Waals surface area contributed by atoms with E-state index in [2.05, 4.69) is 5.32 Å². The number of hydrogen-bond donors (Lipinski definition) is 2. The molecule has 0 bridgehead atoms. The third kappa shape index (κ3) is 4.20. The summed E-state index contributed by atoms with van der Waals surface area (Å²) in [4.78, 5) is 23.3. The van der Waals surface area contributed by atoms with Crippen LogP contribution in [0.15, 0.2) is 59.5 Å². The van der Waals surface area contributed by atoms with Crippen LogP contribution in [0, 0.1) is 0 Å². The molecular formula is C17H18N2O4S. The van der Waals surface area contributed by atoms with Crippen molar-refractivity contribution in [1.82, 2.24) is 5.32 Å². The number of nitrogens with two attached hydrogens (primary N) is 1. The summed E-state index contributed by atoms with van der Waals surface area (Å²) in [5, 5.41) is 2.39. The minimum atomic E-state index is -3.72. The SMILES string of the molecule is C[C@H](NC(=O)c1ccccc1S(=O)(=O)Cc1ccccc1)C(N)=O. The maximum atomic E-state index is 12.7. The first-order valence-electron chi connectivity index (χ1n) is 7.27. The molecule has 0 radical (unpaired) electrons. The molecule has 0 aliphatic heterocycles. The molecule has 0 aliphatic rings. The summed E-state index contributed by atoms with van der Waals surface area (Å²) < 4.78 is 25.3. The molecular weight excluding hydrogens is 328 g/mol. The molecule has 0 aliphatic carbocycles. The first-order chi connectivity index (χ1) is 11.3. The third-order valence-electron chi connectivity index (χ3n) is 3.44. The average Bonchev–Trinajstić information content (AvgIpc) is 2.55. The van der Waals surface area contributed by atoms with Crippen LogP contribution in [0.2, 0.25) is 0 Å². The lowest BCUT2D eigenvalue weighted by atomic mass is 10.2. The zero-order chi connectivity index (χ0) is 17.7. The van der Waals surface area contributed by atoms with Crippen molar-refractivity contribution in [2.75, 3.05) is 0 Å². The molecule has 0 aromatic heterocycles. The number of carbonyl (C=O) groups is 2. The van der Waals surface area contributed by atoms with Crippen molar-refractivity contribution in [3.05, 3.63) is 65.7 Å². The highest BCUT2D eigenvalue weighted by Crippen LogP contribution is 2.20. The lowest BCUT2D eigenvalue weighted by Crippen LogP contribution is -2.42. The number of hydrogen-bond acceptors (Lipinski definition) is 4. The molecule has 2 aromatic carbocycles. The Kier molecular flexibility index (Phi) is 5.35. The summed E-state index contributed by atoms with van der Waals surface area (Å²) in [5.41, 5.74) is 5.73. The van der Waals surface area contributed by atoms with Crippen LogP contribution in [0.4, 0.5) is 0 Å². The van der Waals surface area contributed by atoms with Crippen molar-refractivity contribution >= 4 is 21.7 Å². The summed E-state index contributed by atoms with van der Waals surface area (Å²) in [7, 11) is -3.72. The van der Waals surface area contributed by atoms with E-state index in [4.69, 9.17) is 5.73 Å². The van der Waals surface area contributed by atoms with Crippen LogP contribution in [0.25, 0.3) is 0 Å². The van der Waals surface area contributed by atoms with Crippen molar-refractivity contribution in [2.24, 2.45) is 5.73 Å². The van der Waals surface area contributed by atoms with E-state index in [9.17, 15) is 18.0 Å². The quantitative estimate of drug-likeness (QED) is 0.821. The monoisotopic (exact) mass is 346 g/mol. The molecule has 7 heteroatoms. The summed E-state index contributed by atoms with van der Waals surface area (Å²) in [6, 6.07) is 13.7. The fraction of sp³-hybridized carbons (Fsp3) is 0.176. The molecule has 1 atom stereocenters. The van der Waals surface area contributed by atoms with Gasteiger partial charge in [-0.25, -0.2) is 8.42 Å². The second kappa shape index (κ2) is 7.27. The van der Waals surface area contributed by atoms with Crippen LogP contribution in [0.5, 0.6) is 0 Å². The number of benzene rings is 2. The molecule has 0 saturated carbocycles. The smallest absolute Gasteiger partial charge is 0.253 e. The summed E-state index contributed by atoms with van der Waals surface area (Å²) >= 11 is 0. The molecule has 2 rings (SSSR count). The molecule has 0 fully saturated rings. The van der Waals surface area contributed by atoms with Crippen LogP contribution in [-0.4, -0.2) is 26.3 Å². The zero-order valence-electron chi connectivity index (χ0n) is 13.1. The fourth-order valence-electron chi connectivity index (χ4n) is 2.14. The Morgan fingerprint density at radius 2 is 1.62 bits per heavy atom. The van der Waals surface area contributed by atoms with Gasteiger partial charge >= 0.3 is 0 Å². The molecule has 0 heterocycles. The molecule has 0 unspecified atom stereocenters. The van der Waals surface area contributed by atoms with Gasteiger partial charge < -0.3 is 11.1 Å². The van der Waals surface area contributed by atoms with Gasteiger partial charge in [-0.15, -0.1) is 0 Å². The number of amides is 2. The Labute approximate surface area is 140 Å². The molecule has 2 amide bonds. The highest BCUT2D eigenvalue weighted by atomic mass is 32.2. The zero-order valence-corrected chi connectivity index (χ0v) is 13.9. The van der Waals surface area contributed by atoms with Crippen LogP contribution >= 0.6 is 0 Å². The maximum Gasteiger partial charge on any atom is 0.253 e. The first kappa shape index (κ1) is 17.7. The van der Waals surface area contributed by atoms with E-state index in [1.165, 1.54) is 19.1 Å². The average molecular weight is 346 g/mol. The van der Waals surface area contributed by atoms with Crippen LogP contribution in [0.1, 0.15) is 22.8 Å². The number of sulfone groups is 1. The van der Waals surface area contributed by atoms with Gasteiger partial charge in [0.05, 0.1) is 16.2 Å². The highest BCUT2D eigenvalue weighted by molar-refractivity contribution is 7.90. The van der Waals surface area contributed by atoms with Gasteiger partial charge in [-0.1, -0.05) is 42.5 Å². The standard InChI is InChI=1S/C17H18N2O4S/c1-12(16(18)20)19-17(21)14-9-5-6-10-15(14)24(22,23)11-13-7-3-2-4-8-13/h2-10,12H,11H2,1H3,(H2,18,20)(H,19,21)/t12-/m0/s1. The van der Waals surface area contributed by atoms with Crippen molar-refractivity contribution < 1.29 is 18.0 Å². The van der Waals surface area contributed by atoms with Crippen molar-refractivity contribution in [1.29, 1.82) is 0 Å². The van der Waals surface area contributed by atoms with E-state index >= 15 is 0 Å². The van der Waals surface area contributed by atoms with E-state index in [0.29, 0.717) is 5.56 Å². The highest BCUT2D eigenvalue weighted by Gasteiger charge is 2.24.